The molecule has 0 N–H and O–H groups in total. The van der Waals surface area contributed by atoms with Crippen LogP contribution in [0.25, 0.3) is 0 Å². The van der Waals surface area contributed by atoms with Crippen LogP contribution in [0.3, 0.4) is 0 Å². The molecule has 0 atom stereocenters. The van der Waals surface area contributed by atoms with Crippen molar-refractivity contribution < 1.29 is 52.1 Å². The predicted molar refractivity (Wildman–Crippen MR) is 57.7 cm³/mol. The molecule has 0 aliphatic heterocycles. The van der Waals surface area contributed by atoms with E-state index in [1.807, 2.05) is 0 Å². The van der Waals surface area contributed by atoms with Gasteiger partial charge in [0.05, 0.1) is 10.1 Å². The summed E-state index contributed by atoms with van der Waals surface area (Å²) < 4.78 is 35.3. The third kappa shape index (κ3) is 12.5. The van der Waals surface area contributed by atoms with E-state index in [-0.39, 0.29) is 41.9 Å². The molecule has 0 aromatic rings. The zero-order valence-electron chi connectivity index (χ0n) is 9.39. The van der Waals surface area contributed by atoms with Crippen LogP contribution in [0.15, 0.2) is 12.2 Å². The predicted octanol–water partition coefficient (Wildman–Crippen LogP) is -2.61. The van der Waals surface area contributed by atoms with Gasteiger partial charge in [-0.3, -0.25) is 0 Å². The Morgan fingerprint density at radius 3 is 2.44 bits per heavy atom. The molecule has 0 radical (unpaired) electrons. The molecular weight excluding hydrogens is 263 g/mol. The fourth-order valence-corrected chi connectivity index (χ4v) is 2.27. The molecule has 0 fully saturated rings. The molecule has 8 heteroatoms. The molecule has 0 bridgehead atoms. The van der Waals surface area contributed by atoms with E-state index in [1.165, 1.54) is 11.8 Å². The van der Waals surface area contributed by atoms with Crippen molar-refractivity contribution in [3.8, 4) is 0 Å². The Balaban J connectivity index is 0. The van der Waals surface area contributed by atoms with E-state index in [9.17, 15) is 17.8 Å². The summed E-state index contributed by atoms with van der Waals surface area (Å²) in [5.41, 5.74) is 0.321. The van der Waals surface area contributed by atoms with E-state index in [0.717, 1.165) is 0 Å². The summed E-state index contributed by atoms with van der Waals surface area (Å²) in [5, 5.41) is 0. The molecule has 5 nitrogen and oxygen atoms in total. The van der Waals surface area contributed by atoms with E-state index >= 15 is 0 Å². The molecule has 16 heavy (non-hydrogen) atoms. The van der Waals surface area contributed by atoms with Crippen LogP contribution in [-0.2, 0) is 19.6 Å². The zero-order valence-corrected chi connectivity index (χ0v) is 13.0. The first-order valence-corrected chi connectivity index (χ1v) is 6.90. The third-order valence-electron chi connectivity index (χ3n) is 1.29. The number of carbonyl (C=O) groups excluding carboxylic acids is 1. The average molecular weight is 276 g/mol. The SMILES string of the molecule is C=C(C)C(=O)OCCSCCS(=O)(=O)[O-].[Na+]. The van der Waals surface area contributed by atoms with Crippen LogP contribution < -0.4 is 29.6 Å². The Morgan fingerprint density at radius 2 is 2.00 bits per heavy atom. The maximum atomic E-state index is 10.9. The fraction of sp³-hybridized carbons (Fsp3) is 0.625. The van der Waals surface area contributed by atoms with Gasteiger partial charge in [0.25, 0.3) is 0 Å². The van der Waals surface area contributed by atoms with Crippen LogP contribution in [0, 0.1) is 0 Å². The summed E-state index contributed by atoms with van der Waals surface area (Å²) >= 11 is 1.25. The van der Waals surface area contributed by atoms with Crippen LogP contribution in [-0.4, -0.2) is 42.8 Å². The van der Waals surface area contributed by atoms with Crippen molar-refractivity contribution >= 4 is 27.8 Å². The van der Waals surface area contributed by atoms with Crippen molar-refractivity contribution in [2.45, 2.75) is 6.92 Å². The topological polar surface area (TPSA) is 83.5 Å². The van der Waals surface area contributed by atoms with Gasteiger partial charge in [-0.15, -0.1) is 0 Å². The summed E-state index contributed by atoms with van der Waals surface area (Å²) in [7, 11) is -4.13. The molecule has 0 saturated heterocycles. The van der Waals surface area contributed by atoms with Gasteiger partial charge in [0.2, 0.25) is 0 Å². The Bertz CT molecular complexity index is 325. The van der Waals surface area contributed by atoms with Gasteiger partial charge >= 0.3 is 35.5 Å². The minimum absolute atomic E-state index is 0. The van der Waals surface area contributed by atoms with Gasteiger partial charge < -0.3 is 9.29 Å². The largest absolute Gasteiger partial charge is 1.00 e. The molecule has 0 spiro atoms. The van der Waals surface area contributed by atoms with Crippen LogP contribution in [0.5, 0.6) is 0 Å². The molecule has 0 aromatic carbocycles. The summed E-state index contributed by atoms with van der Waals surface area (Å²) in [6.07, 6.45) is 0. The molecular formula is C8H13NaO5S2. The van der Waals surface area contributed by atoms with Crippen LogP contribution in [0.4, 0.5) is 0 Å². The number of ether oxygens (including phenoxy) is 1. The second-order valence-corrected chi connectivity index (χ2v) is 5.54. The van der Waals surface area contributed by atoms with Gasteiger partial charge in [-0.25, -0.2) is 13.2 Å². The van der Waals surface area contributed by atoms with Crippen LogP contribution >= 0.6 is 11.8 Å². The standard InChI is InChI=1S/C8H14O5S2.Na/c1-7(2)8(9)13-3-4-14-5-6-15(10,11)12;/h1,3-6H2,2H3,(H,10,11,12);/q;+1/p-1. The Hall–Kier alpha value is 0.470. The van der Waals surface area contributed by atoms with Gasteiger partial charge in [0.15, 0.2) is 0 Å². The number of hydrogen-bond acceptors (Lipinski definition) is 6. The van der Waals surface area contributed by atoms with E-state index in [4.69, 9.17) is 4.74 Å². The van der Waals surface area contributed by atoms with Gasteiger partial charge in [-0.2, -0.15) is 11.8 Å². The van der Waals surface area contributed by atoms with Crippen molar-refractivity contribution in [1.82, 2.24) is 0 Å². The molecule has 0 aromatic heterocycles. The van der Waals surface area contributed by atoms with Gasteiger partial charge in [0, 0.05) is 22.8 Å². The number of carbonyl (C=O) groups is 1. The Labute approximate surface area is 122 Å². The summed E-state index contributed by atoms with van der Waals surface area (Å²) in [4.78, 5) is 10.9. The molecule has 0 aliphatic carbocycles. The minimum atomic E-state index is -4.13. The average Bonchev–Trinajstić information content (AvgIpc) is 2.08. The van der Waals surface area contributed by atoms with Crippen molar-refractivity contribution in [2.24, 2.45) is 0 Å². The van der Waals surface area contributed by atoms with Crippen LogP contribution in [0.2, 0.25) is 0 Å². The molecule has 0 heterocycles. The number of thioether (sulfide) groups is 1. The zero-order chi connectivity index (χ0) is 11.9. The Morgan fingerprint density at radius 1 is 1.44 bits per heavy atom. The van der Waals surface area contributed by atoms with Crippen molar-refractivity contribution in [2.75, 3.05) is 23.9 Å². The summed E-state index contributed by atoms with van der Waals surface area (Å²) in [5.74, 6) is -0.177. The molecule has 88 valence electrons. The van der Waals surface area contributed by atoms with Crippen LogP contribution in [0.1, 0.15) is 6.92 Å². The number of esters is 1. The minimum Gasteiger partial charge on any atom is -0.748 e. The monoisotopic (exact) mass is 276 g/mol. The first-order valence-electron chi connectivity index (χ1n) is 4.17. The normalized spacial score (nSPS) is 10.4. The molecule has 0 saturated carbocycles. The second-order valence-electron chi connectivity index (χ2n) is 2.79. The van der Waals surface area contributed by atoms with E-state index in [0.29, 0.717) is 11.3 Å². The molecule has 0 unspecified atom stereocenters. The quantitative estimate of drug-likeness (QED) is 0.166. The van der Waals surface area contributed by atoms with E-state index < -0.39 is 21.8 Å². The summed E-state index contributed by atoms with van der Waals surface area (Å²) in [6.45, 7) is 5.13. The maximum Gasteiger partial charge on any atom is 1.00 e. The van der Waals surface area contributed by atoms with E-state index in [1.54, 1.807) is 6.92 Å². The van der Waals surface area contributed by atoms with Gasteiger partial charge in [-0.05, 0) is 6.92 Å². The first kappa shape index (κ1) is 18.8. The smallest absolute Gasteiger partial charge is 0.748 e. The maximum absolute atomic E-state index is 10.9. The van der Waals surface area contributed by atoms with Crippen molar-refractivity contribution in [3.05, 3.63) is 12.2 Å². The van der Waals surface area contributed by atoms with E-state index in [2.05, 4.69) is 6.58 Å². The Kier molecular flexibility index (Phi) is 11.2. The van der Waals surface area contributed by atoms with Gasteiger partial charge in [-0.1, -0.05) is 6.58 Å². The second kappa shape index (κ2) is 9.49. The van der Waals surface area contributed by atoms with Crippen molar-refractivity contribution in [3.63, 3.8) is 0 Å². The van der Waals surface area contributed by atoms with Crippen molar-refractivity contribution in [1.29, 1.82) is 0 Å². The number of rotatable bonds is 7. The number of hydrogen-bond donors (Lipinski definition) is 0. The van der Waals surface area contributed by atoms with Gasteiger partial charge in [0.1, 0.15) is 6.61 Å². The molecule has 0 rings (SSSR count). The fourth-order valence-electron chi connectivity index (χ4n) is 0.580. The molecule has 0 amide bonds. The third-order valence-corrected chi connectivity index (χ3v) is 3.20. The first-order chi connectivity index (χ1) is 6.83. The summed E-state index contributed by atoms with van der Waals surface area (Å²) in [6, 6.07) is 0. The molecule has 0 aliphatic rings.